The molecule has 9 nitrogen and oxygen atoms in total. The lowest BCUT2D eigenvalue weighted by Crippen LogP contribution is -2.07. The predicted molar refractivity (Wildman–Crippen MR) is 62.6 cm³/mol. The number of carbonyl (C=O) groups is 1. The molecule has 0 aliphatic heterocycles. The Morgan fingerprint density at radius 3 is 2.68 bits per heavy atom. The quantitative estimate of drug-likeness (QED) is 0.641. The molecule has 0 atom stereocenters. The molecule has 0 amide bonds. The van der Waals surface area contributed by atoms with E-state index in [1.807, 2.05) is 0 Å². The van der Waals surface area contributed by atoms with Crippen LogP contribution in [0.5, 0.6) is 0 Å². The van der Waals surface area contributed by atoms with Gasteiger partial charge in [0.1, 0.15) is 11.4 Å². The average molecular weight is 263 g/mol. The summed E-state index contributed by atoms with van der Waals surface area (Å²) in [4.78, 5) is 25.2. The molecule has 0 saturated carbocycles. The first-order valence-electron chi connectivity index (χ1n) is 5.17. The fourth-order valence-electron chi connectivity index (χ4n) is 1.65. The van der Waals surface area contributed by atoms with Crippen LogP contribution >= 0.6 is 0 Å². The molecule has 2 aromatic heterocycles. The fraction of sp³-hybridized carbons (Fsp3) is 0.200. The normalized spacial score (nSPS) is 10.4. The Bertz CT molecular complexity index is 679. The van der Waals surface area contributed by atoms with Crippen molar-refractivity contribution in [1.29, 1.82) is 0 Å². The summed E-state index contributed by atoms with van der Waals surface area (Å²) in [6, 6.07) is 2.61. The first-order chi connectivity index (χ1) is 8.91. The maximum absolute atomic E-state index is 11.1. The molecule has 0 aliphatic carbocycles. The van der Waals surface area contributed by atoms with Crippen molar-refractivity contribution >= 4 is 11.7 Å². The third-order valence-electron chi connectivity index (χ3n) is 2.53. The molecule has 2 heterocycles. The highest BCUT2D eigenvalue weighted by molar-refractivity contribution is 5.92. The van der Waals surface area contributed by atoms with Crippen molar-refractivity contribution in [1.82, 2.24) is 20.0 Å². The van der Waals surface area contributed by atoms with Gasteiger partial charge in [-0.05, 0) is 13.0 Å². The Morgan fingerprint density at radius 2 is 2.16 bits per heavy atom. The van der Waals surface area contributed by atoms with E-state index in [1.165, 1.54) is 26.1 Å². The van der Waals surface area contributed by atoms with Gasteiger partial charge in [0.2, 0.25) is 0 Å². The number of carboxylic acids is 1. The molecule has 0 radical (unpaired) electrons. The summed E-state index contributed by atoms with van der Waals surface area (Å²) in [5.41, 5.74) is 0.233. The number of nitrogens with zero attached hydrogens (tertiary/aromatic N) is 5. The summed E-state index contributed by atoms with van der Waals surface area (Å²) in [5, 5.41) is 27.1. The topological polar surface area (TPSA) is 124 Å². The van der Waals surface area contributed by atoms with Crippen molar-refractivity contribution in [2.45, 2.75) is 6.92 Å². The first-order valence-corrected chi connectivity index (χ1v) is 5.17. The highest BCUT2D eigenvalue weighted by atomic mass is 16.6. The zero-order valence-electron chi connectivity index (χ0n) is 10.1. The summed E-state index contributed by atoms with van der Waals surface area (Å²) in [5.74, 6) is -1.19. The zero-order chi connectivity index (χ0) is 14.2. The molecule has 19 heavy (non-hydrogen) atoms. The van der Waals surface area contributed by atoms with E-state index in [1.54, 1.807) is 0 Å². The van der Waals surface area contributed by atoms with Gasteiger partial charge in [0.15, 0.2) is 5.69 Å². The van der Waals surface area contributed by atoms with E-state index < -0.39 is 10.9 Å². The fourth-order valence-corrected chi connectivity index (χ4v) is 1.65. The third kappa shape index (κ3) is 2.12. The number of aryl methyl sites for hydroxylation is 2. The second-order valence-corrected chi connectivity index (χ2v) is 3.77. The summed E-state index contributed by atoms with van der Waals surface area (Å²) < 4.78 is 1.11. The molecule has 0 aromatic carbocycles. The van der Waals surface area contributed by atoms with E-state index in [9.17, 15) is 14.9 Å². The third-order valence-corrected chi connectivity index (χ3v) is 2.53. The summed E-state index contributed by atoms with van der Waals surface area (Å²) in [6.45, 7) is 1.47. The number of aromatic carboxylic acids is 1. The minimum atomic E-state index is -1.19. The van der Waals surface area contributed by atoms with E-state index >= 15 is 0 Å². The Balaban J connectivity index is 2.58. The molecule has 1 N–H and O–H groups in total. The van der Waals surface area contributed by atoms with Gasteiger partial charge in [0.05, 0.1) is 10.6 Å². The second kappa shape index (κ2) is 4.44. The number of aromatic nitrogens is 4. The maximum Gasteiger partial charge on any atom is 0.356 e. The van der Waals surface area contributed by atoms with Gasteiger partial charge in [-0.2, -0.15) is 0 Å². The van der Waals surface area contributed by atoms with Gasteiger partial charge in [-0.25, -0.2) is 14.5 Å². The van der Waals surface area contributed by atoms with Crippen molar-refractivity contribution in [2.75, 3.05) is 0 Å². The van der Waals surface area contributed by atoms with Crippen molar-refractivity contribution in [3.05, 3.63) is 33.6 Å². The van der Waals surface area contributed by atoms with Crippen LogP contribution in [-0.2, 0) is 7.05 Å². The number of pyridine rings is 1. The van der Waals surface area contributed by atoms with Crippen LogP contribution in [0.4, 0.5) is 5.69 Å². The lowest BCUT2D eigenvalue weighted by atomic mass is 10.2. The zero-order valence-corrected chi connectivity index (χ0v) is 10.1. The summed E-state index contributed by atoms with van der Waals surface area (Å²) >= 11 is 0. The van der Waals surface area contributed by atoms with Crippen LogP contribution in [0, 0.1) is 17.0 Å². The minimum Gasteiger partial charge on any atom is -0.476 e. The number of hydrogen-bond acceptors (Lipinski definition) is 6. The lowest BCUT2D eigenvalue weighted by molar-refractivity contribution is -0.385. The molecule has 2 aromatic rings. The summed E-state index contributed by atoms with van der Waals surface area (Å²) in [6.07, 6.45) is 0. The van der Waals surface area contributed by atoms with E-state index in [0.29, 0.717) is 0 Å². The van der Waals surface area contributed by atoms with Crippen LogP contribution in [0.15, 0.2) is 12.1 Å². The van der Waals surface area contributed by atoms with Crippen LogP contribution in [0.1, 0.15) is 16.2 Å². The van der Waals surface area contributed by atoms with Gasteiger partial charge in [-0.3, -0.25) is 10.1 Å². The first kappa shape index (κ1) is 12.6. The van der Waals surface area contributed by atoms with E-state index in [2.05, 4.69) is 15.3 Å². The SMILES string of the molecule is Cc1nc(-c2nnn(C)c2C(=O)O)ccc1[N+](=O)[O-]. The average Bonchev–Trinajstić information content (AvgIpc) is 2.70. The van der Waals surface area contributed by atoms with Crippen LogP contribution in [0.3, 0.4) is 0 Å². The van der Waals surface area contributed by atoms with Crippen molar-refractivity contribution in [3.8, 4) is 11.4 Å². The molecular weight excluding hydrogens is 254 g/mol. The van der Waals surface area contributed by atoms with Gasteiger partial charge in [0, 0.05) is 13.1 Å². The number of hydrogen-bond donors (Lipinski definition) is 1. The Kier molecular flexibility index (Phi) is 2.95. The van der Waals surface area contributed by atoms with Crippen LogP contribution in [-0.4, -0.2) is 36.0 Å². The molecule has 0 spiro atoms. The van der Waals surface area contributed by atoms with Gasteiger partial charge in [-0.15, -0.1) is 5.10 Å². The molecule has 0 fully saturated rings. The van der Waals surface area contributed by atoms with Gasteiger partial charge >= 0.3 is 5.97 Å². The minimum absolute atomic E-state index is 0.0768. The van der Waals surface area contributed by atoms with Crippen LogP contribution in [0.2, 0.25) is 0 Å². The smallest absolute Gasteiger partial charge is 0.356 e. The van der Waals surface area contributed by atoms with Crippen LogP contribution < -0.4 is 0 Å². The monoisotopic (exact) mass is 263 g/mol. The van der Waals surface area contributed by atoms with Gasteiger partial charge < -0.3 is 5.11 Å². The van der Waals surface area contributed by atoms with Crippen molar-refractivity contribution in [3.63, 3.8) is 0 Å². The highest BCUT2D eigenvalue weighted by Gasteiger charge is 2.22. The Morgan fingerprint density at radius 1 is 1.47 bits per heavy atom. The molecule has 0 aliphatic rings. The molecule has 0 bridgehead atoms. The van der Waals surface area contributed by atoms with E-state index in [4.69, 9.17) is 5.11 Å². The Hall–Kier alpha value is -2.84. The second-order valence-electron chi connectivity index (χ2n) is 3.77. The van der Waals surface area contributed by atoms with Crippen molar-refractivity contribution in [2.24, 2.45) is 7.05 Å². The maximum atomic E-state index is 11.1. The number of carboxylic acid groups (broad SMARTS) is 1. The van der Waals surface area contributed by atoms with Crippen molar-refractivity contribution < 1.29 is 14.8 Å². The molecule has 9 heteroatoms. The Labute approximate surface area is 106 Å². The van der Waals surface area contributed by atoms with Gasteiger partial charge in [0.25, 0.3) is 5.69 Å². The molecule has 2 rings (SSSR count). The van der Waals surface area contributed by atoms with Crippen LogP contribution in [0.25, 0.3) is 11.4 Å². The van der Waals surface area contributed by atoms with E-state index in [-0.39, 0.29) is 28.5 Å². The van der Waals surface area contributed by atoms with Gasteiger partial charge in [-0.1, -0.05) is 5.21 Å². The standard InChI is InChI=1S/C10H9N5O4/c1-5-7(15(18)19)4-3-6(11-5)8-9(10(16)17)14(2)13-12-8/h3-4H,1-2H3,(H,16,17). The highest BCUT2D eigenvalue weighted by Crippen LogP contribution is 2.23. The van der Waals surface area contributed by atoms with E-state index in [0.717, 1.165) is 4.68 Å². The molecular formula is C10H9N5O4. The predicted octanol–water partition coefficient (Wildman–Crippen LogP) is 0.792. The largest absolute Gasteiger partial charge is 0.476 e. The number of rotatable bonds is 3. The molecule has 0 unspecified atom stereocenters. The molecule has 98 valence electrons. The molecule has 0 saturated heterocycles. The summed E-state index contributed by atoms with van der Waals surface area (Å²) in [7, 11) is 1.44. The number of nitro groups is 1. The lowest BCUT2D eigenvalue weighted by Gasteiger charge is -2.01.